The van der Waals surface area contributed by atoms with Gasteiger partial charge in [-0.05, 0) is 43.5 Å². The first kappa shape index (κ1) is 22.6. The molecule has 0 aliphatic heterocycles. The molecule has 3 aromatic rings. The predicted octanol–water partition coefficient (Wildman–Crippen LogP) is 3.76. The zero-order chi connectivity index (χ0) is 21.6. The number of sulfone groups is 1. The van der Waals surface area contributed by atoms with Gasteiger partial charge in [0.15, 0.2) is 14.6 Å². The number of benzene rings is 2. The Labute approximate surface area is 184 Å². The van der Waals surface area contributed by atoms with E-state index in [2.05, 4.69) is 4.99 Å². The number of hydrogen-bond donors (Lipinski definition) is 0. The maximum absolute atomic E-state index is 12.5. The molecule has 0 saturated heterocycles. The van der Waals surface area contributed by atoms with Gasteiger partial charge in [-0.3, -0.25) is 4.79 Å². The molecule has 6 nitrogen and oxygen atoms in total. The van der Waals surface area contributed by atoms with Crippen molar-refractivity contribution in [2.45, 2.75) is 24.8 Å². The van der Waals surface area contributed by atoms with Gasteiger partial charge in [-0.2, -0.15) is 16.8 Å². The third-order valence-corrected chi connectivity index (χ3v) is 7.76. The summed E-state index contributed by atoms with van der Waals surface area (Å²) in [7, 11) is -3.51. The number of hydrogen-bond acceptors (Lipinski definition) is 6. The van der Waals surface area contributed by atoms with E-state index >= 15 is 0 Å². The molecule has 0 atom stereocenters. The van der Waals surface area contributed by atoms with Gasteiger partial charge in [-0.25, -0.2) is 8.42 Å². The molecule has 0 fully saturated rings. The zero-order valence-electron chi connectivity index (χ0n) is 16.9. The normalized spacial score (nSPS) is 12.4. The Morgan fingerprint density at radius 2 is 1.97 bits per heavy atom. The van der Waals surface area contributed by atoms with Crippen molar-refractivity contribution in [3.8, 4) is 5.75 Å². The third-order valence-electron chi connectivity index (χ3n) is 4.39. The van der Waals surface area contributed by atoms with Gasteiger partial charge in [0.1, 0.15) is 5.75 Å². The summed E-state index contributed by atoms with van der Waals surface area (Å²) in [5.74, 6) is 0.950. The van der Waals surface area contributed by atoms with Crippen molar-refractivity contribution in [1.82, 2.24) is 4.57 Å². The molecule has 0 aliphatic carbocycles. The van der Waals surface area contributed by atoms with Crippen LogP contribution in [0.4, 0.5) is 0 Å². The van der Waals surface area contributed by atoms with Gasteiger partial charge >= 0.3 is 0 Å². The molecule has 2 aromatic carbocycles. The maximum Gasteiger partial charge on any atom is 0.249 e. The summed E-state index contributed by atoms with van der Waals surface area (Å²) in [6, 6.07) is 14.0. The van der Waals surface area contributed by atoms with Crippen LogP contribution in [-0.2, 0) is 21.2 Å². The van der Waals surface area contributed by atoms with Crippen molar-refractivity contribution in [3.05, 3.63) is 53.3 Å². The Kier molecular flexibility index (Phi) is 7.74. The second-order valence-electron chi connectivity index (χ2n) is 6.48. The number of carbonyl (C=O) groups is 1. The molecule has 1 heterocycles. The summed E-state index contributed by atoms with van der Waals surface area (Å²) in [4.78, 5) is 17.5. The molecule has 0 unspecified atom stereocenters. The van der Waals surface area contributed by atoms with Crippen LogP contribution in [0.3, 0.4) is 0 Å². The number of nitrogens with zero attached hydrogens (tertiary/aromatic N) is 2. The molecule has 0 aliphatic rings. The summed E-state index contributed by atoms with van der Waals surface area (Å²) < 4.78 is 33.4. The molecular formula is C21H24N2O4S3. The quantitative estimate of drug-likeness (QED) is 0.482. The van der Waals surface area contributed by atoms with Crippen LogP contribution in [0.5, 0.6) is 5.75 Å². The van der Waals surface area contributed by atoms with Crippen LogP contribution in [-0.4, -0.2) is 43.3 Å². The summed E-state index contributed by atoms with van der Waals surface area (Å²) in [5.41, 5.74) is 0.987. The van der Waals surface area contributed by atoms with Crippen molar-refractivity contribution in [1.29, 1.82) is 0 Å². The highest BCUT2D eigenvalue weighted by atomic mass is 32.2. The Hall–Kier alpha value is -2.10. The number of fused-ring (bicyclic) bond motifs is 1. The molecule has 3 rings (SSSR count). The van der Waals surface area contributed by atoms with Crippen molar-refractivity contribution in [3.63, 3.8) is 0 Å². The average molecular weight is 465 g/mol. The van der Waals surface area contributed by atoms with Crippen LogP contribution in [0.2, 0.25) is 0 Å². The largest absolute Gasteiger partial charge is 0.494 e. The van der Waals surface area contributed by atoms with E-state index in [0.717, 1.165) is 21.7 Å². The number of thiazole rings is 1. The van der Waals surface area contributed by atoms with Crippen molar-refractivity contribution in [2.75, 3.05) is 24.4 Å². The van der Waals surface area contributed by atoms with Gasteiger partial charge in [-0.15, -0.1) is 0 Å². The Morgan fingerprint density at radius 3 is 2.67 bits per heavy atom. The van der Waals surface area contributed by atoms with Crippen LogP contribution in [0, 0.1) is 0 Å². The third kappa shape index (κ3) is 5.53. The molecule has 0 N–H and O–H groups in total. The van der Waals surface area contributed by atoms with E-state index in [1.54, 1.807) is 30.0 Å². The molecule has 160 valence electrons. The lowest BCUT2D eigenvalue weighted by Crippen LogP contribution is -2.19. The van der Waals surface area contributed by atoms with E-state index in [1.807, 2.05) is 35.9 Å². The van der Waals surface area contributed by atoms with Crippen LogP contribution in [0.15, 0.2) is 58.4 Å². The number of amides is 1. The first-order chi connectivity index (χ1) is 14.4. The fourth-order valence-corrected chi connectivity index (χ4v) is 5.64. The molecule has 1 aromatic heterocycles. The average Bonchev–Trinajstić information content (AvgIpc) is 3.07. The minimum atomic E-state index is -3.51. The first-order valence-electron chi connectivity index (χ1n) is 9.55. The topological polar surface area (TPSA) is 77.7 Å². The highest BCUT2D eigenvalue weighted by Gasteiger charge is 2.16. The Morgan fingerprint density at radius 1 is 1.20 bits per heavy atom. The van der Waals surface area contributed by atoms with Gasteiger partial charge < -0.3 is 9.30 Å². The molecular weight excluding hydrogens is 440 g/mol. The number of ether oxygens (including phenoxy) is 1. The van der Waals surface area contributed by atoms with E-state index in [1.165, 1.54) is 23.5 Å². The summed E-state index contributed by atoms with van der Waals surface area (Å²) in [6.45, 7) is 3.22. The standard InChI is InChI=1S/C21H24N2O4S3/c1-3-27-16-9-10-18-19(15-16)29-21(23(18)12-13-28-2)22-20(24)11-14-30(25,26)17-7-5-4-6-8-17/h4-10,15H,3,11-14H2,1-2H3. The van der Waals surface area contributed by atoms with E-state index in [-0.39, 0.29) is 17.1 Å². The molecule has 0 spiro atoms. The van der Waals surface area contributed by atoms with Gasteiger partial charge in [0, 0.05) is 18.7 Å². The second-order valence-corrected chi connectivity index (χ2v) is 10.6. The molecule has 0 bridgehead atoms. The van der Waals surface area contributed by atoms with E-state index < -0.39 is 15.7 Å². The van der Waals surface area contributed by atoms with Gasteiger partial charge in [0.2, 0.25) is 5.91 Å². The minimum absolute atomic E-state index is 0.155. The SMILES string of the molecule is CCOc1ccc2c(c1)sc(=NC(=O)CCS(=O)(=O)c1ccccc1)n2CCSC. The number of carbonyl (C=O) groups excluding carboxylic acids is 1. The minimum Gasteiger partial charge on any atom is -0.494 e. The monoisotopic (exact) mass is 464 g/mol. The van der Waals surface area contributed by atoms with Gasteiger partial charge in [0.25, 0.3) is 0 Å². The van der Waals surface area contributed by atoms with Crippen LogP contribution < -0.4 is 9.54 Å². The first-order valence-corrected chi connectivity index (χ1v) is 13.4. The molecule has 9 heteroatoms. The molecule has 30 heavy (non-hydrogen) atoms. The lowest BCUT2D eigenvalue weighted by atomic mass is 10.3. The fraction of sp³-hybridized carbons (Fsp3) is 0.333. The predicted molar refractivity (Wildman–Crippen MR) is 123 cm³/mol. The van der Waals surface area contributed by atoms with Crippen LogP contribution in [0.1, 0.15) is 13.3 Å². The Balaban J connectivity index is 1.87. The van der Waals surface area contributed by atoms with Crippen LogP contribution in [0.25, 0.3) is 10.2 Å². The lowest BCUT2D eigenvalue weighted by Gasteiger charge is -2.05. The van der Waals surface area contributed by atoms with Crippen molar-refractivity contribution < 1.29 is 17.9 Å². The molecule has 0 saturated carbocycles. The lowest BCUT2D eigenvalue weighted by molar-refractivity contribution is -0.117. The number of aryl methyl sites for hydroxylation is 1. The van der Waals surface area contributed by atoms with E-state index in [4.69, 9.17) is 4.74 Å². The smallest absolute Gasteiger partial charge is 0.249 e. The maximum atomic E-state index is 12.5. The fourth-order valence-electron chi connectivity index (χ4n) is 2.92. The van der Waals surface area contributed by atoms with E-state index in [0.29, 0.717) is 18.0 Å². The number of aromatic nitrogens is 1. The second kappa shape index (κ2) is 10.3. The molecule has 1 amide bonds. The number of thioether (sulfide) groups is 1. The highest BCUT2D eigenvalue weighted by molar-refractivity contribution is 7.98. The zero-order valence-corrected chi connectivity index (χ0v) is 19.4. The van der Waals surface area contributed by atoms with Crippen molar-refractivity contribution >= 4 is 49.1 Å². The van der Waals surface area contributed by atoms with E-state index in [9.17, 15) is 13.2 Å². The summed E-state index contributed by atoms with van der Waals surface area (Å²) in [6.07, 6.45) is 1.87. The number of rotatable bonds is 9. The Bertz CT molecular complexity index is 1180. The van der Waals surface area contributed by atoms with Gasteiger partial charge in [-0.1, -0.05) is 29.5 Å². The molecule has 0 radical (unpaired) electrons. The highest BCUT2D eigenvalue weighted by Crippen LogP contribution is 2.24. The summed E-state index contributed by atoms with van der Waals surface area (Å²) >= 11 is 3.12. The summed E-state index contributed by atoms with van der Waals surface area (Å²) in [5, 5.41) is 0. The van der Waals surface area contributed by atoms with Crippen LogP contribution >= 0.6 is 23.1 Å². The van der Waals surface area contributed by atoms with Crippen molar-refractivity contribution in [2.24, 2.45) is 4.99 Å². The van der Waals surface area contributed by atoms with Gasteiger partial charge in [0.05, 0.1) is 27.5 Å².